The zero-order valence-corrected chi connectivity index (χ0v) is 15.1. The molecule has 2 rings (SSSR count). The van der Waals surface area contributed by atoms with Crippen molar-refractivity contribution < 1.29 is 23.9 Å². The lowest BCUT2D eigenvalue weighted by molar-refractivity contribution is -0.151. The van der Waals surface area contributed by atoms with Crippen molar-refractivity contribution in [2.75, 3.05) is 13.7 Å². The Balaban J connectivity index is 1.95. The fourth-order valence-electron chi connectivity index (χ4n) is 2.51. The number of hydrogen-bond donors (Lipinski definition) is 1. The second kappa shape index (κ2) is 10.4. The van der Waals surface area contributed by atoms with Gasteiger partial charge in [-0.1, -0.05) is 26.2 Å². The number of carbonyl (C=O) groups excluding carboxylic acids is 1. The maximum atomic E-state index is 10.7. The van der Waals surface area contributed by atoms with Gasteiger partial charge in [-0.15, -0.1) is 10.2 Å². The summed E-state index contributed by atoms with van der Waals surface area (Å²) in [6.07, 6.45) is 4.21. The third-order valence-corrected chi connectivity index (χ3v) is 3.94. The van der Waals surface area contributed by atoms with E-state index in [0.717, 1.165) is 31.4 Å². The molecule has 0 aliphatic carbocycles. The lowest BCUT2D eigenvalue weighted by Gasteiger charge is -2.16. The molecule has 0 saturated heterocycles. The van der Waals surface area contributed by atoms with Crippen molar-refractivity contribution in [2.24, 2.45) is 0 Å². The van der Waals surface area contributed by atoms with E-state index in [-0.39, 0.29) is 19.1 Å². The number of nitrogens with zero attached hydrogens (tertiary/aromatic N) is 3. The van der Waals surface area contributed by atoms with Crippen LogP contribution in [0.4, 0.5) is 0 Å². The van der Waals surface area contributed by atoms with Crippen LogP contribution >= 0.6 is 0 Å². The molecule has 1 heterocycles. The first kappa shape index (κ1) is 19.7. The quantitative estimate of drug-likeness (QED) is 0.268. The van der Waals surface area contributed by atoms with E-state index in [9.17, 15) is 10.0 Å². The van der Waals surface area contributed by atoms with E-state index in [1.807, 2.05) is 0 Å². The van der Waals surface area contributed by atoms with Crippen LogP contribution < -0.4 is 9.47 Å². The van der Waals surface area contributed by atoms with Gasteiger partial charge < -0.3 is 13.9 Å². The van der Waals surface area contributed by atoms with Crippen molar-refractivity contribution >= 4 is 6.41 Å². The summed E-state index contributed by atoms with van der Waals surface area (Å²) in [5, 5.41) is 18.1. The minimum Gasteiger partial charge on any atom is -0.497 e. The number of hydroxylamine groups is 2. The second-order valence-electron chi connectivity index (χ2n) is 5.92. The predicted octanol–water partition coefficient (Wildman–Crippen LogP) is 3.17. The van der Waals surface area contributed by atoms with Crippen molar-refractivity contribution in [3.05, 3.63) is 36.0 Å². The SMILES string of the molecule is CCCCC[C@@H](CN(O)C=O)c1nnc(COc2ccc(OC)cc2)o1. The highest BCUT2D eigenvalue weighted by atomic mass is 16.5. The Morgan fingerprint density at radius 3 is 2.62 bits per heavy atom. The molecule has 1 amide bonds. The Morgan fingerprint density at radius 2 is 1.96 bits per heavy atom. The summed E-state index contributed by atoms with van der Waals surface area (Å²) in [4.78, 5) is 10.7. The second-order valence-corrected chi connectivity index (χ2v) is 5.92. The molecule has 2 aromatic rings. The van der Waals surface area contributed by atoms with E-state index in [1.165, 1.54) is 0 Å². The number of hydrogen-bond acceptors (Lipinski definition) is 7. The van der Waals surface area contributed by atoms with Crippen molar-refractivity contribution in [2.45, 2.75) is 45.1 Å². The Bertz CT molecular complexity index is 659. The fourth-order valence-corrected chi connectivity index (χ4v) is 2.51. The van der Waals surface area contributed by atoms with Crippen LogP contribution in [0.5, 0.6) is 11.5 Å². The number of unbranched alkanes of at least 4 members (excludes halogenated alkanes) is 2. The van der Waals surface area contributed by atoms with Crippen LogP contribution in [0.3, 0.4) is 0 Å². The summed E-state index contributed by atoms with van der Waals surface area (Å²) in [5.74, 6) is 1.94. The van der Waals surface area contributed by atoms with Gasteiger partial charge in [0.2, 0.25) is 12.3 Å². The summed E-state index contributed by atoms with van der Waals surface area (Å²) < 4.78 is 16.4. The Hall–Kier alpha value is -2.61. The largest absolute Gasteiger partial charge is 0.497 e. The van der Waals surface area contributed by atoms with Gasteiger partial charge in [0, 0.05) is 0 Å². The third kappa shape index (κ3) is 6.03. The summed E-state index contributed by atoms with van der Waals surface area (Å²) in [6.45, 7) is 2.37. The molecule has 0 saturated carbocycles. The van der Waals surface area contributed by atoms with Crippen LogP contribution in [0, 0.1) is 0 Å². The number of ether oxygens (including phenoxy) is 2. The van der Waals surface area contributed by atoms with Gasteiger partial charge in [0.05, 0.1) is 19.6 Å². The number of amides is 1. The third-order valence-electron chi connectivity index (χ3n) is 3.94. The molecule has 1 atom stereocenters. The number of benzene rings is 1. The molecule has 8 heteroatoms. The van der Waals surface area contributed by atoms with Crippen LogP contribution in [0.2, 0.25) is 0 Å². The Kier molecular flexibility index (Phi) is 7.88. The van der Waals surface area contributed by atoms with Gasteiger partial charge in [-0.05, 0) is 30.7 Å². The van der Waals surface area contributed by atoms with Gasteiger partial charge >= 0.3 is 0 Å². The normalized spacial score (nSPS) is 11.8. The van der Waals surface area contributed by atoms with Gasteiger partial charge in [0.15, 0.2) is 6.61 Å². The molecule has 0 radical (unpaired) electrons. The summed E-state index contributed by atoms with van der Waals surface area (Å²) >= 11 is 0. The highest BCUT2D eigenvalue weighted by Gasteiger charge is 2.21. The van der Waals surface area contributed by atoms with Crippen LogP contribution in [-0.4, -0.2) is 40.5 Å². The van der Waals surface area contributed by atoms with E-state index < -0.39 is 0 Å². The van der Waals surface area contributed by atoms with Crippen molar-refractivity contribution in [3.8, 4) is 11.5 Å². The topological polar surface area (TPSA) is 97.9 Å². The molecule has 1 aromatic heterocycles. The lowest BCUT2D eigenvalue weighted by Crippen LogP contribution is -2.24. The fraction of sp³-hybridized carbons (Fsp3) is 0.500. The Morgan fingerprint density at radius 1 is 1.23 bits per heavy atom. The monoisotopic (exact) mass is 363 g/mol. The summed E-state index contributed by atoms with van der Waals surface area (Å²) in [7, 11) is 1.60. The standard InChI is InChI=1S/C18H25N3O5/c1-3-4-5-6-14(11-21(23)13-22)18-20-19-17(26-18)12-25-16-9-7-15(24-2)8-10-16/h7-10,13-14,23H,3-6,11-12H2,1-2H3/t14-/m0/s1. The molecule has 0 spiro atoms. The van der Waals surface area contributed by atoms with Gasteiger partial charge in [0.25, 0.3) is 5.89 Å². The molecule has 0 aliphatic heterocycles. The van der Waals surface area contributed by atoms with Gasteiger partial charge in [-0.2, -0.15) is 0 Å². The van der Waals surface area contributed by atoms with E-state index in [4.69, 9.17) is 13.9 Å². The minimum atomic E-state index is -0.209. The number of methoxy groups -OCH3 is 1. The smallest absolute Gasteiger partial charge is 0.253 e. The highest BCUT2D eigenvalue weighted by molar-refractivity contribution is 5.44. The summed E-state index contributed by atoms with van der Waals surface area (Å²) in [6, 6.07) is 7.18. The predicted molar refractivity (Wildman–Crippen MR) is 93.1 cm³/mol. The molecule has 1 N–H and O–H groups in total. The first-order valence-electron chi connectivity index (χ1n) is 8.66. The molecule has 0 bridgehead atoms. The first-order valence-corrected chi connectivity index (χ1v) is 8.66. The first-order chi connectivity index (χ1) is 12.7. The summed E-state index contributed by atoms with van der Waals surface area (Å²) in [5.41, 5.74) is 0. The Labute approximate surface area is 152 Å². The molecule has 0 unspecified atom stereocenters. The van der Waals surface area contributed by atoms with E-state index >= 15 is 0 Å². The molecule has 8 nitrogen and oxygen atoms in total. The number of carbonyl (C=O) groups is 1. The average Bonchev–Trinajstić information content (AvgIpc) is 3.15. The highest BCUT2D eigenvalue weighted by Crippen LogP contribution is 2.23. The average molecular weight is 363 g/mol. The van der Waals surface area contributed by atoms with Crippen molar-refractivity contribution in [1.29, 1.82) is 0 Å². The minimum absolute atomic E-state index is 0.119. The van der Waals surface area contributed by atoms with E-state index in [1.54, 1.807) is 31.4 Å². The molecule has 0 aliphatic rings. The number of rotatable bonds is 12. The van der Waals surface area contributed by atoms with E-state index in [0.29, 0.717) is 29.0 Å². The molecule has 26 heavy (non-hydrogen) atoms. The molecule has 1 aromatic carbocycles. The van der Waals surface area contributed by atoms with Gasteiger partial charge in [-0.25, -0.2) is 5.06 Å². The zero-order chi connectivity index (χ0) is 18.8. The van der Waals surface area contributed by atoms with E-state index in [2.05, 4.69) is 17.1 Å². The zero-order valence-electron chi connectivity index (χ0n) is 15.1. The molecular formula is C18H25N3O5. The molecule has 0 fully saturated rings. The van der Waals surface area contributed by atoms with Crippen LogP contribution in [0.15, 0.2) is 28.7 Å². The van der Waals surface area contributed by atoms with Crippen LogP contribution in [0.1, 0.15) is 50.3 Å². The van der Waals surface area contributed by atoms with Gasteiger partial charge in [0.1, 0.15) is 11.5 Å². The maximum absolute atomic E-state index is 10.7. The molecular weight excluding hydrogens is 338 g/mol. The number of aromatic nitrogens is 2. The van der Waals surface area contributed by atoms with Gasteiger partial charge in [-0.3, -0.25) is 10.0 Å². The van der Waals surface area contributed by atoms with Crippen molar-refractivity contribution in [1.82, 2.24) is 15.3 Å². The lowest BCUT2D eigenvalue weighted by atomic mass is 10.0. The maximum Gasteiger partial charge on any atom is 0.253 e. The van der Waals surface area contributed by atoms with Crippen LogP contribution in [-0.2, 0) is 11.4 Å². The molecule has 142 valence electrons. The van der Waals surface area contributed by atoms with Crippen LogP contribution in [0.25, 0.3) is 0 Å². The van der Waals surface area contributed by atoms with Crippen molar-refractivity contribution in [3.63, 3.8) is 0 Å².